The number of hydrogen-bond acceptors (Lipinski definition) is 4. The van der Waals surface area contributed by atoms with Gasteiger partial charge in [0.1, 0.15) is 11.5 Å². The molecule has 6 heteroatoms. The van der Waals surface area contributed by atoms with Crippen LogP contribution in [-0.2, 0) is 4.79 Å². The van der Waals surface area contributed by atoms with E-state index < -0.39 is 0 Å². The Balaban J connectivity index is 1.69. The van der Waals surface area contributed by atoms with Gasteiger partial charge >= 0.3 is 0 Å². The summed E-state index contributed by atoms with van der Waals surface area (Å²) in [5, 5.41) is 6.39. The van der Waals surface area contributed by atoms with Gasteiger partial charge in [-0.15, -0.1) is 0 Å². The highest BCUT2D eigenvalue weighted by atomic mass is 35.5. The average Bonchev–Trinajstić information content (AvgIpc) is 2.69. The van der Waals surface area contributed by atoms with Gasteiger partial charge in [0, 0.05) is 5.02 Å². The van der Waals surface area contributed by atoms with Crippen molar-refractivity contribution in [1.82, 2.24) is 0 Å². The van der Waals surface area contributed by atoms with E-state index in [0.29, 0.717) is 28.0 Å². The molecule has 0 aliphatic heterocycles. The van der Waals surface area contributed by atoms with Gasteiger partial charge < -0.3 is 20.1 Å². The monoisotopic (exact) mass is 382 g/mol. The lowest BCUT2D eigenvalue weighted by Gasteiger charge is -2.14. The maximum Gasteiger partial charge on any atom is 0.243 e. The molecule has 0 saturated carbocycles. The molecule has 0 bridgehead atoms. The van der Waals surface area contributed by atoms with Crippen LogP contribution in [0.15, 0.2) is 72.8 Å². The first kappa shape index (κ1) is 18.6. The number of methoxy groups -OCH3 is 1. The van der Waals surface area contributed by atoms with Gasteiger partial charge in [0.2, 0.25) is 5.91 Å². The third-order valence-electron chi connectivity index (χ3n) is 3.73. The largest absolute Gasteiger partial charge is 0.495 e. The summed E-state index contributed by atoms with van der Waals surface area (Å²) in [5.41, 5.74) is 1.24. The Morgan fingerprint density at radius 3 is 2.44 bits per heavy atom. The maximum absolute atomic E-state index is 12.4. The minimum atomic E-state index is -0.235. The third kappa shape index (κ3) is 5.15. The van der Waals surface area contributed by atoms with Gasteiger partial charge in [0.25, 0.3) is 0 Å². The lowest BCUT2D eigenvalue weighted by Crippen LogP contribution is -2.22. The third-order valence-corrected chi connectivity index (χ3v) is 3.97. The number of para-hydroxylation sites is 3. The fourth-order valence-corrected chi connectivity index (χ4v) is 2.64. The smallest absolute Gasteiger partial charge is 0.243 e. The van der Waals surface area contributed by atoms with Crippen molar-refractivity contribution in [3.63, 3.8) is 0 Å². The minimum Gasteiger partial charge on any atom is -0.495 e. The second-order valence-electron chi connectivity index (χ2n) is 5.66. The zero-order chi connectivity index (χ0) is 19.1. The molecule has 0 spiro atoms. The Bertz CT molecular complexity index is 916. The highest BCUT2D eigenvalue weighted by Crippen LogP contribution is 2.32. The molecule has 0 unspecified atom stereocenters. The van der Waals surface area contributed by atoms with Crippen molar-refractivity contribution < 1.29 is 14.3 Å². The molecule has 5 nitrogen and oxygen atoms in total. The Labute approximate surface area is 162 Å². The number of carbonyl (C=O) groups is 1. The Hall–Kier alpha value is -3.18. The first-order chi connectivity index (χ1) is 13.2. The van der Waals surface area contributed by atoms with Crippen LogP contribution < -0.4 is 20.1 Å². The van der Waals surface area contributed by atoms with Gasteiger partial charge in [0.05, 0.1) is 25.0 Å². The predicted molar refractivity (Wildman–Crippen MR) is 108 cm³/mol. The highest BCUT2D eigenvalue weighted by molar-refractivity contribution is 6.31. The number of ether oxygens (including phenoxy) is 2. The van der Waals surface area contributed by atoms with Crippen molar-refractivity contribution in [2.75, 3.05) is 24.3 Å². The number of rotatable bonds is 7. The lowest BCUT2D eigenvalue weighted by molar-refractivity contribution is -0.114. The van der Waals surface area contributed by atoms with Crippen LogP contribution in [0.4, 0.5) is 11.4 Å². The molecule has 3 aromatic carbocycles. The molecule has 138 valence electrons. The molecule has 0 saturated heterocycles. The quantitative estimate of drug-likeness (QED) is 0.590. The van der Waals surface area contributed by atoms with Crippen molar-refractivity contribution in [3.05, 3.63) is 77.8 Å². The van der Waals surface area contributed by atoms with Gasteiger partial charge in [-0.25, -0.2) is 0 Å². The van der Waals surface area contributed by atoms with E-state index in [1.165, 1.54) is 0 Å². The second-order valence-corrected chi connectivity index (χ2v) is 6.09. The SMILES string of the molecule is COc1ccccc1NCC(=O)Nc1cc(Cl)ccc1Oc1ccccc1. The molecule has 0 aliphatic carbocycles. The molecule has 1 amide bonds. The maximum atomic E-state index is 12.4. The number of hydrogen-bond donors (Lipinski definition) is 2. The molecule has 3 aromatic rings. The van der Waals surface area contributed by atoms with Crippen LogP contribution in [0.1, 0.15) is 0 Å². The molecule has 27 heavy (non-hydrogen) atoms. The number of nitrogens with one attached hydrogen (secondary N) is 2. The zero-order valence-corrected chi connectivity index (χ0v) is 15.5. The van der Waals surface area contributed by atoms with Crippen molar-refractivity contribution in [2.45, 2.75) is 0 Å². The van der Waals surface area contributed by atoms with E-state index >= 15 is 0 Å². The van der Waals surface area contributed by atoms with Gasteiger partial charge in [-0.1, -0.05) is 41.9 Å². The average molecular weight is 383 g/mol. The number of halogens is 1. The van der Waals surface area contributed by atoms with Crippen molar-refractivity contribution in [2.24, 2.45) is 0 Å². The van der Waals surface area contributed by atoms with Crippen LogP contribution in [0.3, 0.4) is 0 Å². The van der Waals surface area contributed by atoms with Crippen LogP contribution in [0.5, 0.6) is 17.2 Å². The topological polar surface area (TPSA) is 59.6 Å². The summed E-state index contributed by atoms with van der Waals surface area (Å²) < 4.78 is 11.1. The molecular weight excluding hydrogens is 364 g/mol. The molecule has 0 aromatic heterocycles. The number of carbonyl (C=O) groups excluding carboxylic acids is 1. The fourth-order valence-electron chi connectivity index (χ4n) is 2.46. The van der Waals surface area contributed by atoms with E-state index in [0.717, 1.165) is 5.69 Å². The molecule has 0 radical (unpaired) electrons. The molecule has 3 rings (SSSR count). The molecule has 0 fully saturated rings. The highest BCUT2D eigenvalue weighted by Gasteiger charge is 2.11. The van der Waals surface area contributed by atoms with E-state index in [2.05, 4.69) is 10.6 Å². The van der Waals surface area contributed by atoms with Crippen molar-refractivity contribution in [1.29, 1.82) is 0 Å². The van der Waals surface area contributed by atoms with Gasteiger partial charge in [0.15, 0.2) is 5.75 Å². The molecular formula is C21H19ClN2O3. The normalized spacial score (nSPS) is 10.1. The van der Waals surface area contributed by atoms with Gasteiger partial charge in [-0.3, -0.25) is 4.79 Å². The molecule has 0 aliphatic rings. The van der Waals surface area contributed by atoms with Crippen LogP contribution in [0.25, 0.3) is 0 Å². The predicted octanol–water partition coefficient (Wildman–Crippen LogP) is 5.19. The van der Waals surface area contributed by atoms with Crippen LogP contribution >= 0.6 is 11.6 Å². The summed E-state index contributed by atoms with van der Waals surface area (Å²) >= 11 is 6.08. The summed E-state index contributed by atoms with van der Waals surface area (Å²) in [6.07, 6.45) is 0. The van der Waals surface area contributed by atoms with Crippen LogP contribution in [0, 0.1) is 0 Å². The summed E-state index contributed by atoms with van der Waals surface area (Å²) in [6.45, 7) is 0.0671. The summed E-state index contributed by atoms with van der Waals surface area (Å²) in [6, 6.07) is 21.8. The van der Waals surface area contributed by atoms with Crippen LogP contribution in [0.2, 0.25) is 5.02 Å². The fraction of sp³-hybridized carbons (Fsp3) is 0.0952. The summed E-state index contributed by atoms with van der Waals surface area (Å²) in [7, 11) is 1.58. The minimum absolute atomic E-state index is 0.0671. The van der Waals surface area contributed by atoms with E-state index in [1.54, 1.807) is 25.3 Å². The Kier molecular flexibility index (Phi) is 6.18. The number of anilines is 2. The molecule has 0 atom stereocenters. The van der Waals surface area contributed by atoms with E-state index in [4.69, 9.17) is 21.1 Å². The van der Waals surface area contributed by atoms with Crippen molar-refractivity contribution in [3.8, 4) is 17.2 Å². The van der Waals surface area contributed by atoms with E-state index in [9.17, 15) is 4.79 Å². The lowest BCUT2D eigenvalue weighted by atomic mass is 10.2. The first-order valence-electron chi connectivity index (χ1n) is 8.35. The Morgan fingerprint density at radius 2 is 1.67 bits per heavy atom. The Morgan fingerprint density at radius 1 is 0.926 bits per heavy atom. The summed E-state index contributed by atoms with van der Waals surface area (Å²) in [5.74, 6) is 1.61. The molecule has 2 N–H and O–H groups in total. The summed E-state index contributed by atoms with van der Waals surface area (Å²) in [4.78, 5) is 12.4. The van der Waals surface area contributed by atoms with Crippen LogP contribution in [-0.4, -0.2) is 19.6 Å². The first-order valence-corrected chi connectivity index (χ1v) is 8.72. The zero-order valence-electron chi connectivity index (χ0n) is 14.7. The van der Waals surface area contributed by atoms with Crippen molar-refractivity contribution >= 4 is 28.9 Å². The van der Waals surface area contributed by atoms with Gasteiger partial charge in [-0.05, 0) is 42.5 Å². The molecule has 0 heterocycles. The number of amides is 1. The van der Waals surface area contributed by atoms with Gasteiger partial charge in [-0.2, -0.15) is 0 Å². The van der Waals surface area contributed by atoms with E-state index in [-0.39, 0.29) is 12.5 Å². The van der Waals surface area contributed by atoms with E-state index in [1.807, 2.05) is 54.6 Å². The second kappa shape index (κ2) is 8.96. The number of benzene rings is 3. The standard InChI is InChI=1S/C21H19ClN2O3/c1-26-19-10-6-5-9-17(19)23-14-21(25)24-18-13-15(22)11-12-20(18)27-16-7-3-2-4-8-16/h2-13,23H,14H2,1H3,(H,24,25).